The summed E-state index contributed by atoms with van der Waals surface area (Å²) in [5.41, 5.74) is 0.127. The molecular formula is C12H4BrClF2N2O. The number of nitrogens with zero attached hydrogens (tertiary/aromatic N) is 2. The van der Waals surface area contributed by atoms with E-state index in [0.717, 1.165) is 6.07 Å². The number of aromatic nitrogens is 1. The molecular weight excluding hydrogens is 341 g/mol. The lowest BCUT2D eigenvalue weighted by molar-refractivity contribution is 0.405. The van der Waals surface area contributed by atoms with E-state index in [0.29, 0.717) is 4.47 Å². The van der Waals surface area contributed by atoms with Gasteiger partial charge in [-0.15, -0.1) is 0 Å². The summed E-state index contributed by atoms with van der Waals surface area (Å²) in [6, 6.07) is 5.40. The highest BCUT2D eigenvalue weighted by Crippen LogP contribution is 2.33. The SMILES string of the molecule is N#Cc1ccnc(Oc2cc(Br)cc(F)c2F)c1Cl. The molecule has 0 aliphatic heterocycles. The Morgan fingerprint density at radius 2 is 2.11 bits per heavy atom. The van der Waals surface area contributed by atoms with Crippen molar-refractivity contribution in [1.82, 2.24) is 4.98 Å². The summed E-state index contributed by atoms with van der Waals surface area (Å²) >= 11 is 8.87. The normalized spacial score (nSPS) is 10.1. The molecule has 0 unspecified atom stereocenters. The van der Waals surface area contributed by atoms with Gasteiger partial charge in [0.25, 0.3) is 0 Å². The molecule has 96 valence electrons. The zero-order chi connectivity index (χ0) is 14.0. The van der Waals surface area contributed by atoms with E-state index >= 15 is 0 Å². The van der Waals surface area contributed by atoms with Gasteiger partial charge in [-0.05, 0) is 18.2 Å². The van der Waals surface area contributed by atoms with Crippen molar-refractivity contribution in [1.29, 1.82) is 5.26 Å². The van der Waals surface area contributed by atoms with Gasteiger partial charge >= 0.3 is 0 Å². The first-order valence-corrected chi connectivity index (χ1v) is 6.07. The number of benzene rings is 1. The highest BCUT2D eigenvalue weighted by atomic mass is 79.9. The van der Waals surface area contributed by atoms with Gasteiger partial charge < -0.3 is 4.74 Å². The maximum Gasteiger partial charge on any atom is 0.239 e. The molecule has 0 spiro atoms. The van der Waals surface area contributed by atoms with E-state index in [1.165, 1.54) is 18.3 Å². The smallest absolute Gasteiger partial charge is 0.239 e. The van der Waals surface area contributed by atoms with E-state index < -0.39 is 11.6 Å². The number of hydrogen-bond acceptors (Lipinski definition) is 3. The molecule has 2 rings (SSSR count). The van der Waals surface area contributed by atoms with Crippen LogP contribution >= 0.6 is 27.5 Å². The molecule has 0 saturated carbocycles. The topological polar surface area (TPSA) is 45.9 Å². The van der Waals surface area contributed by atoms with Crippen LogP contribution in [-0.4, -0.2) is 4.98 Å². The Kier molecular flexibility index (Phi) is 3.98. The van der Waals surface area contributed by atoms with Crippen molar-refractivity contribution in [3.63, 3.8) is 0 Å². The fourth-order valence-corrected chi connectivity index (χ4v) is 1.89. The highest BCUT2D eigenvalue weighted by molar-refractivity contribution is 9.10. The van der Waals surface area contributed by atoms with Gasteiger partial charge in [0.05, 0.1) is 5.56 Å². The molecule has 3 nitrogen and oxygen atoms in total. The molecule has 7 heteroatoms. The monoisotopic (exact) mass is 344 g/mol. The van der Waals surface area contributed by atoms with Crippen LogP contribution < -0.4 is 4.74 Å². The van der Waals surface area contributed by atoms with Crippen LogP contribution in [0.4, 0.5) is 8.78 Å². The zero-order valence-corrected chi connectivity index (χ0v) is 11.5. The van der Waals surface area contributed by atoms with Crippen LogP contribution in [0, 0.1) is 23.0 Å². The van der Waals surface area contributed by atoms with Crippen LogP contribution in [-0.2, 0) is 0 Å². The molecule has 0 aliphatic rings. The van der Waals surface area contributed by atoms with Crippen LogP contribution in [0.5, 0.6) is 11.6 Å². The second-order valence-corrected chi connectivity index (χ2v) is 4.68. The molecule has 1 aromatic carbocycles. The predicted molar refractivity (Wildman–Crippen MR) is 68.1 cm³/mol. The van der Waals surface area contributed by atoms with E-state index in [1.807, 2.05) is 6.07 Å². The largest absolute Gasteiger partial charge is 0.434 e. The molecule has 19 heavy (non-hydrogen) atoms. The van der Waals surface area contributed by atoms with Crippen molar-refractivity contribution in [2.24, 2.45) is 0 Å². The molecule has 0 N–H and O–H groups in total. The van der Waals surface area contributed by atoms with E-state index in [9.17, 15) is 8.78 Å². The average molecular weight is 346 g/mol. The molecule has 0 aliphatic carbocycles. The van der Waals surface area contributed by atoms with Crippen LogP contribution in [0.25, 0.3) is 0 Å². The Morgan fingerprint density at radius 1 is 1.37 bits per heavy atom. The highest BCUT2D eigenvalue weighted by Gasteiger charge is 2.15. The standard InChI is InChI=1S/C12H4BrClF2N2O/c13-7-3-8(15)11(16)9(4-7)19-12-10(14)6(5-17)1-2-18-12/h1-4H. The van der Waals surface area contributed by atoms with Crippen molar-refractivity contribution < 1.29 is 13.5 Å². The van der Waals surface area contributed by atoms with Crippen molar-refractivity contribution in [3.05, 3.63) is 51.1 Å². The minimum atomic E-state index is -1.16. The van der Waals surface area contributed by atoms with Crippen molar-refractivity contribution in [2.75, 3.05) is 0 Å². The van der Waals surface area contributed by atoms with Gasteiger partial charge in [0.2, 0.25) is 11.7 Å². The fraction of sp³-hybridized carbons (Fsp3) is 0. The van der Waals surface area contributed by atoms with Crippen LogP contribution in [0.15, 0.2) is 28.9 Å². The average Bonchev–Trinajstić information content (AvgIpc) is 2.37. The minimum absolute atomic E-state index is 0.0650. The fourth-order valence-electron chi connectivity index (χ4n) is 1.29. The Labute approximate surface area is 120 Å². The van der Waals surface area contributed by atoms with E-state index in [1.54, 1.807) is 0 Å². The number of ether oxygens (including phenoxy) is 1. The zero-order valence-electron chi connectivity index (χ0n) is 9.12. The van der Waals surface area contributed by atoms with Crippen molar-refractivity contribution >= 4 is 27.5 Å². The third kappa shape index (κ3) is 2.83. The second kappa shape index (κ2) is 5.51. The van der Waals surface area contributed by atoms with E-state index in [4.69, 9.17) is 21.6 Å². The summed E-state index contributed by atoms with van der Waals surface area (Å²) in [7, 11) is 0. The van der Waals surface area contributed by atoms with Crippen molar-refractivity contribution in [3.8, 4) is 17.7 Å². The maximum absolute atomic E-state index is 13.5. The molecule has 1 aromatic heterocycles. The van der Waals surface area contributed by atoms with Crippen LogP contribution in [0.2, 0.25) is 5.02 Å². The van der Waals surface area contributed by atoms with E-state index in [-0.39, 0.29) is 22.2 Å². The third-order valence-electron chi connectivity index (χ3n) is 2.14. The van der Waals surface area contributed by atoms with Crippen LogP contribution in [0.1, 0.15) is 5.56 Å². The van der Waals surface area contributed by atoms with Gasteiger partial charge in [0.1, 0.15) is 11.1 Å². The molecule has 0 bridgehead atoms. The minimum Gasteiger partial charge on any atom is -0.434 e. The molecule has 0 radical (unpaired) electrons. The number of halogens is 4. The first kappa shape index (κ1) is 13.7. The van der Waals surface area contributed by atoms with Gasteiger partial charge in [0.15, 0.2) is 11.6 Å². The molecule has 0 fully saturated rings. The predicted octanol–water partition coefficient (Wildman–Crippen LogP) is 4.44. The molecule has 0 amide bonds. The maximum atomic E-state index is 13.5. The molecule has 0 atom stereocenters. The van der Waals surface area contributed by atoms with Gasteiger partial charge in [-0.1, -0.05) is 27.5 Å². The van der Waals surface area contributed by atoms with Gasteiger partial charge in [-0.3, -0.25) is 0 Å². The Bertz CT molecular complexity index is 688. The Hall–Kier alpha value is -1.71. The lowest BCUT2D eigenvalue weighted by Gasteiger charge is -2.08. The van der Waals surface area contributed by atoms with Crippen molar-refractivity contribution in [2.45, 2.75) is 0 Å². The summed E-state index contributed by atoms with van der Waals surface area (Å²) < 4.78 is 32.1. The second-order valence-electron chi connectivity index (χ2n) is 3.39. The summed E-state index contributed by atoms with van der Waals surface area (Å²) in [6.07, 6.45) is 1.28. The lowest BCUT2D eigenvalue weighted by Crippen LogP contribution is -1.95. The number of rotatable bonds is 2. The lowest BCUT2D eigenvalue weighted by atomic mass is 10.3. The summed E-state index contributed by atoms with van der Waals surface area (Å²) in [5, 5.41) is 8.73. The Morgan fingerprint density at radius 3 is 2.79 bits per heavy atom. The van der Waals surface area contributed by atoms with Gasteiger partial charge in [-0.2, -0.15) is 9.65 Å². The first-order chi connectivity index (χ1) is 9.02. The molecule has 2 aromatic rings. The molecule has 0 saturated heterocycles. The molecule has 1 heterocycles. The van der Waals surface area contributed by atoms with Gasteiger partial charge in [0, 0.05) is 10.7 Å². The summed E-state index contributed by atoms with van der Waals surface area (Å²) in [5.74, 6) is -2.78. The quantitative estimate of drug-likeness (QED) is 0.756. The summed E-state index contributed by atoms with van der Waals surface area (Å²) in [4.78, 5) is 3.77. The summed E-state index contributed by atoms with van der Waals surface area (Å²) in [6.45, 7) is 0. The van der Waals surface area contributed by atoms with Gasteiger partial charge in [-0.25, -0.2) is 9.37 Å². The first-order valence-electron chi connectivity index (χ1n) is 4.90. The Balaban J connectivity index is 2.45. The number of pyridine rings is 1. The number of nitriles is 1. The van der Waals surface area contributed by atoms with Crippen LogP contribution in [0.3, 0.4) is 0 Å². The number of hydrogen-bond donors (Lipinski definition) is 0. The third-order valence-corrected chi connectivity index (χ3v) is 2.97. The van der Waals surface area contributed by atoms with E-state index in [2.05, 4.69) is 20.9 Å².